The Morgan fingerprint density at radius 1 is 1.32 bits per heavy atom. The summed E-state index contributed by atoms with van der Waals surface area (Å²) in [4.78, 5) is 20.4. The van der Waals surface area contributed by atoms with Gasteiger partial charge in [-0.05, 0) is 26.0 Å². The van der Waals surface area contributed by atoms with Crippen molar-refractivity contribution in [1.82, 2.24) is 15.3 Å². The van der Waals surface area contributed by atoms with Crippen molar-refractivity contribution >= 4 is 16.9 Å². The van der Waals surface area contributed by atoms with Crippen LogP contribution in [-0.2, 0) is 9.53 Å². The predicted molar refractivity (Wildman–Crippen MR) is 81.9 cm³/mol. The zero-order chi connectivity index (χ0) is 15.7. The van der Waals surface area contributed by atoms with Crippen molar-refractivity contribution in [2.75, 3.05) is 13.7 Å². The van der Waals surface area contributed by atoms with Gasteiger partial charge >= 0.3 is 5.97 Å². The number of benzene rings is 1. The molecule has 6 nitrogen and oxygen atoms in total. The third-order valence-corrected chi connectivity index (χ3v) is 3.78. The number of nitrogens with one attached hydrogen (secondary N) is 1. The van der Waals surface area contributed by atoms with Crippen molar-refractivity contribution in [3.05, 3.63) is 29.6 Å². The van der Waals surface area contributed by atoms with Crippen LogP contribution < -0.4 is 10.1 Å². The maximum atomic E-state index is 11.6. The molecule has 6 heteroatoms. The van der Waals surface area contributed by atoms with E-state index in [9.17, 15) is 4.79 Å². The first-order valence-corrected chi connectivity index (χ1v) is 7.29. The first kappa shape index (κ1) is 14.7. The van der Waals surface area contributed by atoms with E-state index in [1.807, 2.05) is 32.0 Å². The Kier molecular flexibility index (Phi) is 3.94. The molecule has 1 aliphatic rings. The van der Waals surface area contributed by atoms with Crippen molar-refractivity contribution in [2.24, 2.45) is 0 Å². The van der Waals surface area contributed by atoms with E-state index in [1.165, 1.54) is 7.11 Å². The highest BCUT2D eigenvalue weighted by atomic mass is 16.5. The molecule has 2 aromatic rings. The average Bonchev–Trinajstić information content (AvgIpc) is 2.95. The summed E-state index contributed by atoms with van der Waals surface area (Å²) >= 11 is 0. The van der Waals surface area contributed by atoms with Crippen molar-refractivity contribution in [3.8, 4) is 5.88 Å². The number of methoxy groups -OCH3 is 1. The van der Waals surface area contributed by atoms with Crippen LogP contribution in [-0.4, -0.2) is 41.7 Å². The topological polar surface area (TPSA) is 73.3 Å². The van der Waals surface area contributed by atoms with Crippen LogP contribution in [0.3, 0.4) is 0 Å². The molecule has 1 aliphatic heterocycles. The molecule has 1 aromatic carbocycles. The second kappa shape index (κ2) is 5.88. The van der Waals surface area contributed by atoms with Crippen molar-refractivity contribution in [3.63, 3.8) is 0 Å². The molecule has 0 radical (unpaired) electrons. The molecule has 0 amide bonds. The Balaban J connectivity index is 1.85. The molecular formula is C16H19N3O3. The number of nitrogens with zero attached hydrogens (tertiary/aromatic N) is 2. The van der Waals surface area contributed by atoms with Crippen LogP contribution in [0.15, 0.2) is 18.2 Å². The number of rotatable bonds is 3. The third kappa shape index (κ3) is 2.87. The van der Waals surface area contributed by atoms with E-state index < -0.39 is 0 Å². The summed E-state index contributed by atoms with van der Waals surface area (Å²) in [6, 6.07) is 5.69. The number of ether oxygens (including phenoxy) is 2. The van der Waals surface area contributed by atoms with Crippen LogP contribution in [0.5, 0.6) is 5.88 Å². The average molecular weight is 301 g/mol. The summed E-state index contributed by atoms with van der Waals surface area (Å²) in [5, 5.41) is 4.00. The van der Waals surface area contributed by atoms with Gasteiger partial charge in [-0.1, -0.05) is 11.6 Å². The summed E-state index contributed by atoms with van der Waals surface area (Å²) in [7, 11) is 1.39. The zero-order valence-electron chi connectivity index (χ0n) is 12.9. The van der Waals surface area contributed by atoms with Gasteiger partial charge in [0.2, 0.25) is 5.88 Å². The van der Waals surface area contributed by atoms with Crippen LogP contribution in [0, 0.1) is 13.8 Å². The van der Waals surface area contributed by atoms with E-state index in [1.54, 1.807) is 0 Å². The van der Waals surface area contributed by atoms with Gasteiger partial charge in [-0.15, -0.1) is 0 Å². The van der Waals surface area contributed by atoms with E-state index >= 15 is 0 Å². The SMILES string of the molecule is COC(=O)C1CC(Oc2nc(C)nc3ccc(C)cc23)CN1. The molecule has 3 rings (SSSR count). The van der Waals surface area contributed by atoms with Gasteiger partial charge in [0.1, 0.15) is 18.0 Å². The third-order valence-electron chi connectivity index (χ3n) is 3.78. The quantitative estimate of drug-likeness (QED) is 0.867. The molecule has 2 heterocycles. The summed E-state index contributed by atoms with van der Waals surface area (Å²) in [5.74, 6) is 0.982. The summed E-state index contributed by atoms with van der Waals surface area (Å²) in [6.07, 6.45) is 0.463. The van der Waals surface area contributed by atoms with Crippen LogP contribution in [0.1, 0.15) is 17.8 Å². The minimum Gasteiger partial charge on any atom is -0.472 e. The maximum absolute atomic E-state index is 11.6. The monoisotopic (exact) mass is 301 g/mol. The lowest BCUT2D eigenvalue weighted by Crippen LogP contribution is -2.31. The minimum absolute atomic E-state index is 0.109. The normalized spacial score (nSPS) is 21.0. The number of fused-ring (bicyclic) bond motifs is 1. The Morgan fingerprint density at radius 3 is 2.91 bits per heavy atom. The van der Waals surface area contributed by atoms with Crippen LogP contribution in [0.2, 0.25) is 0 Å². The molecule has 0 aliphatic carbocycles. The number of esters is 1. The number of hydrogen-bond acceptors (Lipinski definition) is 6. The molecule has 1 aromatic heterocycles. The lowest BCUT2D eigenvalue weighted by molar-refractivity contribution is -0.142. The molecule has 0 spiro atoms. The smallest absolute Gasteiger partial charge is 0.323 e. The Hall–Kier alpha value is -2.21. The predicted octanol–water partition coefficient (Wildman–Crippen LogP) is 1.53. The Morgan fingerprint density at radius 2 is 2.14 bits per heavy atom. The lowest BCUT2D eigenvalue weighted by Gasteiger charge is -2.14. The van der Waals surface area contributed by atoms with Gasteiger partial charge in [0.25, 0.3) is 0 Å². The van der Waals surface area contributed by atoms with Gasteiger partial charge in [0, 0.05) is 13.0 Å². The number of aromatic nitrogens is 2. The molecule has 22 heavy (non-hydrogen) atoms. The molecule has 0 saturated carbocycles. The van der Waals surface area contributed by atoms with Crippen molar-refractivity contribution in [2.45, 2.75) is 32.4 Å². The summed E-state index contributed by atoms with van der Waals surface area (Å²) < 4.78 is 10.8. The van der Waals surface area contributed by atoms with E-state index in [4.69, 9.17) is 9.47 Å². The lowest BCUT2D eigenvalue weighted by atomic mass is 10.1. The fourth-order valence-corrected chi connectivity index (χ4v) is 2.69. The highest BCUT2D eigenvalue weighted by Gasteiger charge is 2.32. The largest absolute Gasteiger partial charge is 0.472 e. The number of hydrogen-bond donors (Lipinski definition) is 1. The van der Waals surface area contributed by atoms with Gasteiger partial charge < -0.3 is 14.8 Å². The fraction of sp³-hybridized carbons (Fsp3) is 0.438. The molecule has 116 valence electrons. The number of carbonyl (C=O) groups is 1. The van der Waals surface area contributed by atoms with Gasteiger partial charge in [0.05, 0.1) is 18.0 Å². The van der Waals surface area contributed by atoms with Crippen LogP contribution in [0.4, 0.5) is 0 Å². The standard InChI is InChI=1S/C16H19N3O3/c1-9-4-5-13-12(6-9)15(19-10(2)18-13)22-11-7-14(17-8-11)16(20)21-3/h4-6,11,14,17H,7-8H2,1-3H3. The molecule has 1 saturated heterocycles. The highest BCUT2D eigenvalue weighted by molar-refractivity contribution is 5.84. The summed E-state index contributed by atoms with van der Waals surface area (Å²) in [6.45, 7) is 4.46. The second-order valence-electron chi connectivity index (χ2n) is 5.56. The Bertz CT molecular complexity index is 717. The maximum Gasteiger partial charge on any atom is 0.323 e. The molecule has 1 N–H and O–H groups in total. The molecule has 2 atom stereocenters. The molecule has 2 unspecified atom stereocenters. The molecular weight excluding hydrogens is 282 g/mol. The molecule has 0 bridgehead atoms. The highest BCUT2D eigenvalue weighted by Crippen LogP contribution is 2.26. The zero-order valence-corrected chi connectivity index (χ0v) is 12.9. The first-order valence-electron chi connectivity index (χ1n) is 7.29. The fourth-order valence-electron chi connectivity index (χ4n) is 2.69. The van der Waals surface area contributed by atoms with Gasteiger partial charge in [0.15, 0.2) is 0 Å². The number of carbonyl (C=O) groups excluding carboxylic acids is 1. The van der Waals surface area contributed by atoms with Crippen LogP contribution >= 0.6 is 0 Å². The van der Waals surface area contributed by atoms with E-state index in [-0.39, 0.29) is 18.1 Å². The Labute approximate surface area is 128 Å². The van der Waals surface area contributed by atoms with Crippen LogP contribution in [0.25, 0.3) is 10.9 Å². The second-order valence-corrected chi connectivity index (χ2v) is 5.56. The number of aryl methyl sites for hydroxylation is 2. The minimum atomic E-state index is -0.314. The first-order chi connectivity index (χ1) is 10.6. The van der Waals surface area contributed by atoms with Gasteiger partial charge in [-0.2, -0.15) is 4.98 Å². The van der Waals surface area contributed by atoms with E-state index in [2.05, 4.69) is 15.3 Å². The van der Waals surface area contributed by atoms with Gasteiger partial charge in [-0.25, -0.2) is 4.98 Å². The van der Waals surface area contributed by atoms with Crippen molar-refractivity contribution in [1.29, 1.82) is 0 Å². The molecule has 1 fully saturated rings. The van der Waals surface area contributed by atoms with Crippen molar-refractivity contribution < 1.29 is 14.3 Å². The van der Waals surface area contributed by atoms with E-state index in [0.717, 1.165) is 16.5 Å². The summed E-state index contributed by atoms with van der Waals surface area (Å²) in [5.41, 5.74) is 1.99. The van der Waals surface area contributed by atoms with E-state index in [0.29, 0.717) is 24.7 Å². The van der Waals surface area contributed by atoms with Gasteiger partial charge in [-0.3, -0.25) is 4.79 Å².